The van der Waals surface area contributed by atoms with E-state index in [0.717, 1.165) is 0 Å². The van der Waals surface area contributed by atoms with Gasteiger partial charge in [-0.3, -0.25) is 4.79 Å². The molecule has 0 saturated carbocycles. The maximum atomic E-state index is 11.2. The number of rotatable bonds is 6. The van der Waals surface area contributed by atoms with Gasteiger partial charge >= 0.3 is 5.97 Å². The molecule has 0 saturated heterocycles. The molecule has 0 spiro atoms. The van der Waals surface area contributed by atoms with Gasteiger partial charge in [0.05, 0.1) is 6.10 Å². The fourth-order valence-electron chi connectivity index (χ4n) is 1.11. The normalized spacial score (nSPS) is 13.8. The highest BCUT2D eigenvalue weighted by Gasteiger charge is 2.19. The number of ether oxygens (including phenoxy) is 2. The molecule has 0 aliphatic carbocycles. The molecule has 0 fully saturated rings. The van der Waals surface area contributed by atoms with Crippen LogP contribution >= 0.6 is 0 Å². The number of aliphatic hydroxyl groups is 1. The van der Waals surface area contributed by atoms with E-state index in [4.69, 9.17) is 20.3 Å². The van der Waals surface area contributed by atoms with Gasteiger partial charge in [-0.2, -0.15) is 0 Å². The molecule has 1 aromatic carbocycles. The maximum absolute atomic E-state index is 11.2. The average molecular weight is 239 g/mol. The number of nitrogens with two attached hydrogens (primary N) is 1. The first kappa shape index (κ1) is 13.5. The first-order valence-electron chi connectivity index (χ1n) is 5.39. The number of carbonyl (C=O) groups is 1. The SMILES string of the molecule is CC(O)C(N)C(=O)OCCOc1ccccc1. The van der Waals surface area contributed by atoms with Crippen LogP contribution in [0.25, 0.3) is 0 Å². The molecule has 0 aliphatic rings. The van der Waals surface area contributed by atoms with Crippen molar-refractivity contribution in [3.63, 3.8) is 0 Å². The molecule has 5 heteroatoms. The number of aliphatic hydroxyl groups excluding tert-OH is 1. The lowest BCUT2D eigenvalue weighted by molar-refractivity contribution is -0.148. The molecule has 1 rings (SSSR count). The van der Waals surface area contributed by atoms with Crippen molar-refractivity contribution in [3.05, 3.63) is 30.3 Å². The predicted molar refractivity (Wildman–Crippen MR) is 62.6 cm³/mol. The van der Waals surface area contributed by atoms with Gasteiger partial charge in [0, 0.05) is 0 Å². The third-order valence-electron chi connectivity index (χ3n) is 2.13. The molecule has 3 N–H and O–H groups in total. The zero-order valence-corrected chi connectivity index (χ0v) is 9.70. The molecule has 5 nitrogen and oxygen atoms in total. The second kappa shape index (κ2) is 6.88. The number of esters is 1. The van der Waals surface area contributed by atoms with Gasteiger partial charge in [-0.15, -0.1) is 0 Å². The molecule has 2 unspecified atom stereocenters. The summed E-state index contributed by atoms with van der Waals surface area (Å²) in [5.74, 6) is 0.0834. The highest BCUT2D eigenvalue weighted by atomic mass is 16.6. The van der Waals surface area contributed by atoms with Crippen molar-refractivity contribution in [2.75, 3.05) is 13.2 Å². The number of hydrogen-bond acceptors (Lipinski definition) is 5. The van der Waals surface area contributed by atoms with E-state index >= 15 is 0 Å². The summed E-state index contributed by atoms with van der Waals surface area (Å²) >= 11 is 0. The van der Waals surface area contributed by atoms with Crippen molar-refractivity contribution in [1.82, 2.24) is 0 Å². The third kappa shape index (κ3) is 4.84. The molecular formula is C12H17NO4. The van der Waals surface area contributed by atoms with Crippen LogP contribution in [0.4, 0.5) is 0 Å². The van der Waals surface area contributed by atoms with Gasteiger partial charge in [-0.05, 0) is 19.1 Å². The Morgan fingerprint density at radius 3 is 2.59 bits per heavy atom. The molecular weight excluding hydrogens is 222 g/mol. The summed E-state index contributed by atoms with van der Waals surface area (Å²) in [4.78, 5) is 11.2. The smallest absolute Gasteiger partial charge is 0.325 e. The third-order valence-corrected chi connectivity index (χ3v) is 2.13. The minimum atomic E-state index is -1.01. The molecule has 1 aromatic rings. The van der Waals surface area contributed by atoms with Crippen LogP contribution in [0.15, 0.2) is 30.3 Å². The minimum absolute atomic E-state index is 0.105. The number of para-hydroxylation sites is 1. The topological polar surface area (TPSA) is 81.8 Å². The van der Waals surface area contributed by atoms with Gasteiger partial charge in [0.15, 0.2) is 0 Å². The Balaban J connectivity index is 2.18. The highest BCUT2D eigenvalue weighted by molar-refractivity contribution is 5.76. The van der Waals surface area contributed by atoms with E-state index in [1.165, 1.54) is 6.92 Å². The van der Waals surface area contributed by atoms with Gasteiger partial charge in [-0.1, -0.05) is 18.2 Å². The number of hydrogen-bond donors (Lipinski definition) is 2. The zero-order chi connectivity index (χ0) is 12.7. The average Bonchev–Trinajstić information content (AvgIpc) is 2.34. The lowest BCUT2D eigenvalue weighted by Gasteiger charge is -2.13. The van der Waals surface area contributed by atoms with Crippen molar-refractivity contribution < 1.29 is 19.4 Å². The second-order valence-corrected chi connectivity index (χ2v) is 3.60. The molecule has 94 valence electrons. The molecule has 0 amide bonds. The van der Waals surface area contributed by atoms with Crippen LogP contribution in [0.5, 0.6) is 5.75 Å². The van der Waals surface area contributed by atoms with E-state index < -0.39 is 18.1 Å². The molecule has 17 heavy (non-hydrogen) atoms. The highest BCUT2D eigenvalue weighted by Crippen LogP contribution is 2.07. The van der Waals surface area contributed by atoms with E-state index in [1.54, 1.807) is 0 Å². The Morgan fingerprint density at radius 1 is 1.35 bits per heavy atom. The Morgan fingerprint density at radius 2 is 2.00 bits per heavy atom. The lowest BCUT2D eigenvalue weighted by Crippen LogP contribution is -2.41. The Labute approximate surface area is 100 Å². The van der Waals surface area contributed by atoms with Crippen molar-refractivity contribution in [2.45, 2.75) is 19.1 Å². The molecule has 0 radical (unpaired) electrons. The van der Waals surface area contributed by atoms with E-state index in [1.807, 2.05) is 30.3 Å². The molecule has 0 heterocycles. The first-order chi connectivity index (χ1) is 8.11. The summed E-state index contributed by atoms with van der Waals surface area (Å²) in [6, 6.07) is 8.20. The van der Waals surface area contributed by atoms with Crippen LogP contribution in [0.2, 0.25) is 0 Å². The first-order valence-corrected chi connectivity index (χ1v) is 5.39. The fourth-order valence-corrected chi connectivity index (χ4v) is 1.11. The molecule has 0 aromatic heterocycles. The van der Waals surface area contributed by atoms with Crippen molar-refractivity contribution in [3.8, 4) is 5.75 Å². The van der Waals surface area contributed by atoms with Gasteiger partial charge in [0.25, 0.3) is 0 Å². The minimum Gasteiger partial charge on any atom is -0.490 e. The lowest BCUT2D eigenvalue weighted by atomic mass is 10.2. The molecule has 0 bridgehead atoms. The summed E-state index contributed by atoms with van der Waals surface area (Å²) in [5.41, 5.74) is 5.39. The van der Waals surface area contributed by atoms with Crippen molar-refractivity contribution in [2.24, 2.45) is 5.73 Å². The molecule has 0 aliphatic heterocycles. The van der Waals surface area contributed by atoms with Gasteiger partial charge in [0.2, 0.25) is 0 Å². The Bertz CT molecular complexity index is 340. The van der Waals surface area contributed by atoms with Crippen LogP contribution in [-0.4, -0.2) is 36.4 Å². The van der Waals surface area contributed by atoms with E-state index in [-0.39, 0.29) is 13.2 Å². The predicted octanol–water partition coefficient (Wildman–Crippen LogP) is 0.317. The second-order valence-electron chi connectivity index (χ2n) is 3.60. The maximum Gasteiger partial charge on any atom is 0.325 e. The Hall–Kier alpha value is -1.59. The number of carbonyl (C=O) groups excluding carboxylic acids is 1. The van der Waals surface area contributed by atoms with Crippen LogP contribution in [0.3, 0.4) is 0 Å². The fraction of sp³-hybridized carbons (Fsp3) is 0.417. The quantitative estimate of drug-likeness (QED) is 0.552. The van der Waals surface area contributed by atoms with Crippen molar-refractivity contribution in [1.29, 1.82) is 0 Å². The van der Waals surface area contributed by atoms with Crippen LogP contribution in [-0.2, 0) is 9.53 Å². The number of benzene rings is 1. The van der Waals surface area contributed by atoms with Crippen molar-refractivity contribution >= 4 is 5.97 Å². The van der Waals surface area contributed by atoms with E-state index in [9.17, 15) is 4.79 Å². The van der Waals surface area contributed by atoms with E-state index in [0.29, 0.717) is 5.75 Å². The summed E-state index contributed by atoms with van der Waals surface area (Å²) < 4.78 is 10.2. The van der Waals surface area contributed by atoms with Gasteiger partial charge in [-0.25, -0.2) is 0 Å². The summed E-state index contributed by atoms with van der Waals surface area (Å²) in [6.45, 7) is 1.79. The summed E-state index contributed by atoms with van der Waals surface area (Å²) in [7, 11) is 0. The summed E-state index contributed by atoms with van der Waals surface area (Å²) in [5, 5.41) is 9.07. The van der Waals surface area contributed by atoms with Crippen LogP contribution in [0.1, 0.15) is 6.92 Å². The standard InChI is InChI=1S/C12H17NO4/c1-9(14)11(13)12(15)17-8-7-16-10-5-3-2-4-6-10/h2-6,9,11,14H,7-8,13H2,1H3. The summed E-state index contributed by atoms with van der Waals surface area (Å²) in [6.07, 6.45) is -0.919. The largest absolute Gasteiger partial charge is 0.490 e. The van der Waals surface area contributed by atoms with Gasteiger partial charge in [0.1, 0.15) is 25.0 Å². The van der Waals surface area contributed by atoms with Crippen LogP contribution < -0.4 is 10.5 Å². The zero-order valence-electron chi connectivity index (χ0n) is 9.70. The van der Waals surface area contributed by atoms with Gasteiger partial charge < -0.3 is 20.3 Å². The van der Waals surface area contributed by atoms with E-state index in [2.05, 4.69) is 0 Å². The molecule has 2 atom stereocenters. The van der Waals surface area contributed by atoms with Crippen LogP contribution in [0, 0.1) is 0 Å². The monoisotopic (exact) mass is 239 g/mol. The Kier molecular flexibility index (Phi) is 5.45.